The van der Waals surface area contributed by atoms with Crippen molar-refractivity contribution in [1.29, 1.82) is 0 Å². The molecule has 0 aliphatic carbocycles. The minimum Gasteiger partial charge on any atom is -0.465 e. The summed E-state index contributed by atoms with van der Waals surface area (Å²) in [7, 11) is 1.26. The monoisotopic (exact) mass is 434 g/mol. The first-order chi connectivity index (χ1) is 14.7. The predicted octanol–water partition coefficient (Wildman–Crippen LogP) is 3.37. The van der Waals surface area contributed by atoms with Gasteiger partial charge in [-0.15, -0.1) is 0 Å². The Morgan fingerprint density at radius 1 is 0.968 bits per heavy atom. The molecule has 1 aliphatic heterocycles. The zero-order valence-electron chi connectivity index (χ0n) is 16.8. The summed E-state index contributed by atoms with van der Waals surface area (Å²) in [5.74, 6) is -1.15. The van der Waals surface area contributed by atoms with Crippen LogP contribution in [0.25, 0.3) is 0 Å². The number of hydrogen-bond acceptors (Lipinski definition) is 4. The lowest BCUT2D eigenvalue weighted by molar-refractivity contribution is -0.139. The zero-order chi connectivity index (χ0) is 22.6. The van der Waals surface area contributed by atoms with Crippen LogP contribution in [0.15, 0.2) is 48.5 Å². The van der Waals surface area contributed by atoms with E-state index in [4.69, 9.17) is 0 Å². The summed E-state index contributed by atoms with van der Waals surface area (Å²) in [4.78, 5) is 39.6. The van der Waals surface area contributed by atoms with Gasteiger partial charge in [-0.1, -0.05) is 18.2 Å². The number of hydrogen-bond donors (Lipinski definition) is 0. The summed E-state index contributed by atoms with van der Waals surface area (Å²) < 4.78 is 44.4. The van der Waals surface area contributed by atoms with E-state index in [0.29, 0.717) is 11.1 Å². The fourth-order valence-corrected chi connectivity index (χ4v) is 3.43. The molecular formula is C22H21F3N2O4. The van der Waals surface area contributed by atoms with Gasteiger partial charge in [0.15, 0.2) is 0 Å². The second kappa shape index (κ2) is 9.20. The van der Waals surface area contributed by atoms with Crippen molar-refractivity contribution in [1.82, 2.24) is 9.80 Å². The Bertz CT molecular complexity index is 973. The van der Waals surface area contributed by atoms with Crippen molar-refractivity contribution in [2.24, 2.45) is 0 Å². The Kier molecular flexibility index (Phi) is 6.62. The van der Waals surface area contributed by atoms with Gasteiger partial charge in [0, 0.05) is 38.2 Å². The van der Waals surface area contributed by atoms with E-state index in [2.05, 4.69) is 4.74 Å². The smallest absolute Gasteiger partial charge is 0.416 e. The van der Waals surface area contributed by atoms with Crippen molar-refractivity contribution in [3.63, 3.8) is 0 Å². The maximum atomic E-state index is 13.3. The summed E-state index contributed by atoms with van der Waals surface area (Å²) >= 11 is 0. The van der Waals surface area contributed by atoms with E-state index in [1.165, 1.54) is 59.4 Å². The van der Waals surface area contributed by atoms with Crippen molar-refractivity contribution in [3.05, 3.63) is 70.8 Å². The number of carbonyl (C=O) groups is 3. The van der Waals surface area contributed by atoms with Gasteiger partial charge in [-0.2, -0.15) is 13.2 Å². The van der Waals surface area contributed by atoms with Crippen LogP contribution in [0.3, 0.4) is 0 Å². The highest BCUT2D eigenvalue weighted by Gasteiger charge is 2.34. The molecule has 2 amide bonds. The maximum Gasteiger partial charge on any atom is 0.416 e. The molecule has 1 saturated heterocycles. The number of halogens is 3. The molecule has 31 heavy (non-hydrogen) atoms. The third-order valence-corrected chi connectivity index (χ3v) is 5.11. The van der Waals surface area contributed by atoms with E-state index >= 15 is 0 Å². The van der Waals surface area contributed by atoms with E-state index in [0.717, 1.165) is 6.07 Å². The van der Waals surface area contributed by atoms with Gasteiger partial charge < -0.3 is 14.5 Å². The van der Waals surface area contributed by atoms with Crippen LogP contribution in [-0.4, -0.2) is 54.3 Å². The molecule has 9 heteroatoms. The van der Waals surface area contributed by atoms with Gasteiger partial charge in [0.05, 0.1) is 18.2 Å². The van der Waals surface area contributed by atoms with E-state index in [1.54, 1.807) is 0 Å². The number of rotatable bonds is 4. The fraction of sp³-hybridized carbons (Fsp3) is 0.318. The molecule has 0 saturated carbocycles. The van der Waals surface area contributed by atoms with Crippen molar-refractivity contribution >= 4 is 17.8 Å². The minimum absolute atomic E-state index is 0.0141. The average molecular weight is 434 g/mol. The largest absolute Gasteiger partial charge is 0.465 e. The third-order valence-electron chi connectivity index (χ3n) is 5.11. The maximum absolute atomic E-state index is 13.3. The lowest BCUT2D eigenvalue weighted by Gasteiger charge is -2.24. The number of ether oxygens (including phenoxy) is 1. The number of esters is 1. The fourth-order valence-electron chi connectivity index (χ4n) is 3.43. The van der Waals surface area contributed by atoms with Gasteiger partial charge >= 0.3 is 12.1 Å². The topological polar surface area (TPSA) is 66.9 Å². The molecule has 2 aromatic carbocycles. The molecule has 0 atom stereocenters. The van der Waals surface area contributed by atoms with Gasteiger partial charge in [0.25, 0.3) is 5.91 Å². The highest BCUT2D eigenvalue weighted by atomic mass is 19.4. The Balaban J connectivity index is 1.70. The molecule has 3 rings (SSSR count). The summed E-state index contributed by atoms with van der Waals surface area (Å²) in [6, 6.07) is 11.1. The number of benzene rings is 2. The molecule has 0 N–H and O–H groups in total. The quantitative estimate of drug-likeness (QED) is 0.693. The Morgan fingerprint density at radius 3 is 2.26 bits per heavy atom. The third kappa shape index (κ3) is 5.22. The van der Waals surface area contributed by atoms with E-state index in [9.17, 15) is 27.6 Å². The number of carbonyl (C=O) groups excluding carboxylic acids is 3. The summed E-state index contributed by atoms with van der Waals surface area (Å²) in [6.45, 7) is 0.298. The highest BCUT2D eigenvalue weighted by molar-refractivity contribution is 5.96. The first-order valence-electron chi connectivity index (χ1n) is 9.61. The SMILES string of the molecule is COC(=O)c1ccc(C(=O)N2CCC(=O)N(Cc3ccccc3C(F)(F)F)CC2)cc1. The molecule has 1 fully saturated rings. The molecule has 6 nitrogen and oxygen atoms in total. The standard InChI is InChI=1S/C22H21F3N2O4/c1-31-21(30)16-8-6-15(7-9-16)20(29)26-11-10-19(28)27(13-12-26)14-17-4-2-3-5-18(17)22(23,24)25/h2-9H,10-14H2,1H3. The Hall–Kier alpha value is -3.36. The van der Waals surface area contributed by atoms with Crippen molar-refractivity contribution in [2.75, 3.05) is 26.7 Å². The lowest BCUT2D eigenvalue weighted by atomic mass is 10.1. The normalized spacial score (nSPS) is 14.9. The van der Waals surface area contributed by atoms with Crippen molar-refractivity contribution in [3.8, 4) is 0 Å². The zero-order valence-corrected chi connectivity index (χ0v) is 16.8. The van der Waals surface area contributed by atoms with Crippen molar-refractivity contribution in [2.45, 2.75) is 19.1 Å². The molecule has 2 aromatic rings. The van der Waals surface area contributed by atoms with Crippen LogP contribution in [-0.2, 0) is 22.3 Å². The Morgan fingerprint density at radius 2 is 1.61 bits per heavy atom. The first-order valence-corrected chi connectivity index (χ1v) is 9.61. The van der Waals surface area contributed by atoms with Crippen LogP contribution in [0.5, 0.6) is 0 Å². The molecule has 0 unspecified atom stereocenters. The second-order valence-electron chi connectivity index (χ2n) is 7.08. The minimum atomic E-state index is -4.51. The van der Waals surface area contributed by atoms with Crippen LogP contribution in [0.1, 0.15) is 38.3 Å². The van der Waals surface area contributed by atoms with Gasteiger partial charge in [-0.3, -0.25) is 9.59 Å². The molecule has 164 valence electrons. The Labute approximate surface area is 177 Å². The van der Waals surface area contributed by atoms with Crippen LogP contribution in [0.4, 0.5) is 13.2 Å². The van der Waals surface area contributed by atoms with Crippen LogP contribution in [0.2, 0.25) is 0 Å². The summed E-state index contributed by atoms with van der Waals surface area (Å²) in [5.41, 5.74) is -0.109. The molecule has 0 aromatic heterocycles. The molecule has 0 bridgehead atoms. The number of nitrogens with zero attached hydrogens (tertiary/aromatic N) is 2. The first kappa shape index (κ1) is 22.3. The molecule has 0 radical (unpaired) electrons. The van der Waals surface area contributed by atoms with Gasteiger partial charge in [0.1, 0.15) is 0 Å². The lowest BCUT2D eigenvalue weighted by Crippen LogP contribution is -2.36. The van der Waals surface area contributed by atoms with Gasteiger partial charge in [-0.05, 0) is 35.9 Å². The van der Waals surface area contributed by atoms with E-state index < -0.39 is 17.7 Å². The number of amides is 2. The number of alkyl halides is 3. The van der Waals surface area contributed by atoms with Crippen LogP contribution >= 0.6 is 0 Å². The van der Waals surface area contributed by atoms with Crippen LogP contribution < -0.4 is 0 Å². The second-order valence-corrected chi connectivity index (χ2v) is 7.08. The summed E-state index contributed by atoms with van der Waals surface area (Å²) in [6.07, 6.45) is -4.50. The van der Waals surface area contributed by atoms with Crippen LogP contribution in [0, 0.1) is 0 Å². The van der Waals surface area contributed by atoms with Crippen molar-refractivity contribution < 1.29 is 32.3 Å². The molecular weight excluding hydrogens is 413 g/mol. The average Bonchev–Trinajstić information content (AvgIpc) is 2.94. The van der Waals surface area contributed by atoms with Gasteiger partial charge in [-0.25, -0.2) is 4.79 Å². The summed E-state index contributed by atoms with van der Waals surface area (Å²) in [5, 5.41) is 0. The molecule has 1 heterocycles. The molecule has 0 spiro atoms. The predicted molar refractivity (Wildman–Crippen MR) is 105 cm³/mol. The number of methoxy groups -OCH3 is 1. The molecule has 1 aliphatic rings. The highest BCUT2D eigenvalue weighted by Crippen LogP contribution is 2.32. The van der Waals surface area contributed by atoms with E-state index in [-0.39, 0.29) is 50.0 Å². The van der Waals surface area contributed by atoms with E-state index in [1.807, 2.05) is 0 Å². The van der Waals surface area contributed by atoms with Gasteiger partial charge in [0.2, 0.25) is 5.91 Å².